The minimum Gasteiger partial charge on any atom is -0.497 e. The highest BCUT2D eigenvalue weighted by Gasteiger charge is 2.29. The summed E-state index contributed by atoms with van der Waals surface area (Å²) in [7, 11) is 1.54. The van der Waals surface area contributed by atoms with Gasteiger partial charge >= 0.3 is 0 Å². The zero-order valence-corrected chi connectivity index (χ0v) is 16.0. The molecular formula is C22H28F2O. The lowest BCUT2D eigenvalue weighted by Gasteiger charge is -2.27. The number of methoxy groups -OCH3 is 1. The maximum atomic E-state index is 15.3. The van der Waals surface area contributed by atoms with Crippen LogP contribution in [-0.4, -0.2) is 7.11 Å². The van der Waals surface area contributed by atoms with Gasteiger partial charge in [0, 0.05) is 5.56 Å². The standard InChI is InChI=1S/C22H28F2O/c1-14(2)11-15-7-9-17(19(12-15)21(24)22(3,4)5)18-13-16(25-6)8-10-20(18)23/h7-10,12-14,21H,11H2,1-6H3. The fraction of sp³-hybridized carbons (Fsp3) is 0.455. The lowest BCUT2D eigenvalue weighted by atomic mass is 9.81. The number of rotatable bonds is 5. The highest BCUT2D eigenvalue weighted by Crippen LogP contribution is 2.42. The van der Waals surface area contributed by atoms with Crippen molar-refractivity contribution in [3.63, 3.8) is 0 Å². The summed E-state index contributed by atoms with van der Waals surface area (Å²) >= 11 is 0. The molecule has 0 spiro atoms. The van der Waals surface area contributed by atoms with E-state index in [2.05, 4.69) is 13.8 Å². The van der Waals surface area contributed by atoms with E-state index in [1.165, 1.54) is 13.2 Å². The van der Waals surface area contributed by atoms with E-state index in [-0.39, 0.29) is 5.82 Å². The minimum atomic E-state index is -1.19. The van der Waals surface area contributed by atoms with Gasteiger partial charge in [0.25, 0.3) is 0 Å². The Labute approximate surface area is 150 Å². The van der Waals surface area contributed by atoms with Crippen LogP contribution < -0.4 is 4.74 Å². The molecule has 0 fully saturated rings. The summed E-state index contributed by atoms with van der Waals surface area (Å²) in [6, 6.07) is 10.3. The zero-order chi connectivity index (χ0) is 18.8. The van der Waals surface area contributed by atoms with E-state index in [9.17, 15) is 4.39 Å². The van der Waals surface area contributed by atoms with Crippen molar-refractivity contribution in [2.75, 3.05) is 7.11 Å². The Balaban J connectivity index is 2.64. The van der Waals surface area contributed by atoms with Crippen LogP contribution in [0.5, 0.6) is 5.75 Å². The van der Waals surface area contributed by atoms with Gasteiger partial charge in [0.2, 0.25) is 0 Å². The van der Waals surface area contributed by atoms with Crippen LogP contribution in [0.4, 0.5) is 8.78 Å². The number of hydrogen-bond acceptors (Lipinski definition) is 1. The second-order valence-electron chi connectivity index (χ2n) is 8.09. The van der Waals surface area contributed by atoms with Crippen molar-refractivity contribution in [3.8, 4) is 16.9 Å². The van der Waals surface area contributed by atoms with Crippen molar-refractivity contribution in [2.24, 2.45) is 11.3 Å². The fourth-order valence-electron chi connectivity index (χ4n) is 2.97. The fourth-order valence-corrected chi connectivity index (χ4v) is 2.97. The van der Waals surface area contributed by atoms with Gasteiger partial charge in [-0.3, -0.25) is 0 Å². The van der Waals surface area contributed by atoms with Gasteiger partial charge in [0.05, 0.1) is 7.11 Å². The molecule has 0 aliphatic carbocycles. The van der Waals surface area contributed by atoms with Gasteiger partial charge in [0.1, 0.15) is 17.7 Å². The number of hydrogen-bond donors (Lipinski definition) is 0. The molecule has 136 valence electrons. The van der Waals surface area contributed by atoms with Crippen LogP contribution in [0.1, 0.15) is 51.9 Å². The zero-order valence-electron chi connectivity index (χ0n) is 16.0. The molecule has 0 aliphatic heterocycles. The lowest BCUT2D eigenvalue weighted by molar-refractivity contribution is 0.165. The first kappa shape index (κ1) is 19.4. The average molecular weight is 346 g/mol. The van der Waals surface area contributed by atoms with Crippen molar-refractivity contribution in [1.29, 1.82) is 0 Å². The van der Waals surface area contributed by atoms with E-state index in [4.69, 9.17) is 4.74 Å². The van der Waals surface area contributed by atoms with Crippen LogP contribution in [0, 0.1) is 17.2 Å². The van der Waals surface area contributed by atoms with Gasteiger partial charge < -0.3 is 4.74 Å². The first-order chi connectivity index (χ1) is 11.6. The quantitative estimate of drug-likeness (QED) is 0.581. The summed E-state index contributed by atoms with van der Waals surface area (Å²) < 4.78 is 34.9. The third kappa shape index (κ3) is 4.59. The largest absolute Gasteiger partial charge is 0.497 e. The second kappa shape index (κ2) is 7.55. The van der Waals surface area contributed by atoms with E-state index in [1.807, 2.05) is 39.0 Å². The first-order valence-electron chi connectivity index (χ1n) is 8.74. The third-order valence-corrected chi connectivity index (χ3v) is 4.26. The number of ether oxygens (including phenoxy) is 1. The van der Waals surface area contributed by atoms with Crippen LogP contribution in [-0.2, 0) is 6.42 Å². The summed E-state index contributed by atoms with van der Waals surface area (Å²) in [6.45, 7) is 9.84. The van der Waals surface area contributed by atoms with Gasteiger partial charge in [-0.15, -0.1) is 0 Å². The highest BCUT2D eigenvalue weighted by atomic mass is 19.1. The summed E-state index contributed by atoms with van der Waals surface area (Å²) in [5, 5.41) is 0. The van der Waals surface area contributed by atoms with E-state index in [0.29, 0.717) is 28.4 Å². The van der Waals surface area contributed by atoms with Crippen LogP contribution in [0.15, 0.2) is 36.4 Å². The van der Waals surface area contributed by atoms with Crippen molar-refractivity contribution >= 4 is 0 Å². The number of halogens is 2. The molecule has 0 aromatic heterocycles. The van der Waals surface area contributed by atoms with Gasteiger partial charge in [0.15, 0.2) is 0 Å². The number of alkyl halides is 1. The summed E-state index contributed by atoms with van der Waals surface area (Å²) in [5.74, 6) is 0.652. The Bertz CT molecular complexity index is 729. The van der Waals surface area contributed by atoms with Gasteiger partial charge in [-0.05, 0) is 52.6 Å². The molecule has 1 unspecified atom stereocenters. The maximum Gasteiger partial charge on any atom is 0.131 e. The smallest absolute Gasteiger partial charge is 0.131 e. The highest BCUT2D eigenvalue weighted by molar-refractivity contribution is 5.70. The second-order valence-corrected chi connectivity index (χ2v) is 8.09. The lowest BCUT2D eigenvalue weighted by Crippen LogP contribution is -2.15. The molecule has 1 nitrogen and oxygen atoms in total. The Hall–Kier alpha value is -1.90. The monoisotopic (exact) mass is 346 g/mol. The van der Waals surface area contributed by atoms with E-state index >= 15 is 4.39 Å². The van der Waals surface area contributed by atoms with Crippen molar-refractivity contribution < 1.29 is 13.5 Å². The Kier molecular flexibility index (Phi) is 5.87. The molecule has 0 saturated carbocycles. The third-order valence-electron chi connectivity index (χ3n) is 4.26. The molecule has 1 atom stereocenters. The Morgan fingerprint density at radius 3 is 2.24 bits per heavy atom. The molecule has 0 amide bonds. The van der Waals surface area contributed by atoms with Gasteiger partial charge in [-0.25, -0.2) is 8.78 Å². The van der Waals surface area contributed by atoms with E-state index in [0.717, 1.165) is 12.0 Å². The average Bonchev–Trinajstić information content (AvgIpc) is 2.53. The normalized spacial score (nSPS) is 13.2. The van der Waals surface area contributed by atoms with E-state index in [1.54, 1.807) is 12.1 Å². The summed E-state index contributed by atoms with van der Waals surface area (Å²) in [6.07, 6.45) is -0.328. The molecule has 0 saturated heterocycles. The van der Waals surface area contributed by atoms with E-state index < -0.39 is 11.6 Å². The SMILES string of the molecule is COc1ccc(F)c(-c2ccc(CC(C)C)cc2C(F)C(C)(C)C)c1. The Morgan fingerprint density at radius 2 is 1.68 bits per heavy atom. The summed E-state index contributed by atoms with van der Waals surface area (Å²) in [4.78, 5) is 0. The minimum absolute atomic E-state index is 0.373. The first-order valence-corrected chi connectivity index (χ1v) is 8.74. The molecule has 2 aromatic rings. The molecule has 2 aromatic carbocycles. The number of benzene rings is 2. The summed E-state index contributed by atoms with van der Waals surface area (Å²) in [5.41, 5.74) is 2.01. The maximum absolute atomic E-state index is 15.3. The molecule has 25 heavy (non-hydrogen) atoms. The molecule has 0 bridgehead atoms. The predicted octanol–water partition coefficient (Wildman–Crippen LogP) is 6.76. The topological polar surface area (TPSA) is 9.23 Å². The van der Waals surface area contributed by atoms with Crippen molar-refractivity contribution in [1.82, 2.24) is 0 Å². The van der Waals surface area contributed by atoms with Crippen LogP contribution in [0.25, 0.3) is 11.1 Å². The predicted molar refractivity (Wildman–Crippen MR) is 100 cm³/mol. The Morgan fingerprint density at radius 1 is 1.00 bits per heavy atom. The van der Waals surface area contributed by atoms with Crippen molar-refractivity contribution in [3.05, 3.63) is 53.3 Å². The van der Waals surface area contributed by atoms with Crippen LogP contribution in [0.3, 0.4) is 0 Å². The molecule has 2 rings (SSSR count). The molecule has 0 aliphatic rings. The van der Waals surface area contributed by atoms with Crippen LogP contribution >= 0.6 is 0 Å². The van der Waals surface area contributed by atoms with Crippen molar-refractivity contribution in [2.45, 2.75) is 47.2 Å². The van der Waals surface area contributed by atoms with Gasteiger partial charge in [-0.2, -0.15) is 0 Å². The van der Waals surface area contributed by atoms with Crippen LogP contribution in [0.2, 0.25) is 0 Å². The molecular weight excluding hydrogens is 318 g/mol. The molecule has 0 heterocycles. The molecule has 0 radical (unpaired) electrons. The molecule has 3 heteroatoms. The molecule has 0 N–H and O–H groups in total. The van der Waals surface area contributed by atoms with Gasteiger partial charge in [-0.1, -0.05) is 52.8 Å².